The summed E-state index contributed by atoms with van der Waals surface area (Å²) in [7, 11) is 0. The minimum atomic E-state index is 0. The molecular weight excluding hydrogens is 308 g/mol. The van der Waals surface area contributed by atoms with Crippen LogP contribution in [0.25, 0.3) is 0 Å². The quantitative estimate of drug-likeness (QED) is 0.609. The Morgan fingerprint density at radius 3 is 2.78 bits per heavy atom. The standard InChI is InChI=1S/C5H9NOS.Re/c1-4-2-6-5(8)7-3-4;/h4H,2-3H2,1H3,(H,6,8);/p-1. The van der Waals surface area contributed by atoms with E-state index < -0.39 is 0 Å². The minimum Gasteiger partial charge on any atom is -0.722 e. The van der Waals surface area contributed by atoms with Crippen LogP contribution in [0.2, 0.25) is 0 Å². The van der Waals surface area contributed by atoms with E-state index in [1.807, 2.05) is 0 Å². The van der Waals surface area contributed by atoms with Crippen molar-refractivity contribution < 1.29 is 25.2 Å². The molecule has 0 fully saturated rings. The molecule has 0 amide bonds. The average molecular weight is 316 g/mol. The molecule has 2 nitrogen and oxygen atoms in total. The molecule has 0 bridgehead atoms. The number of rotatable bonds is 0. The monoisotopic (exact) mass is 317 g/mol. The molecule has 0 N–H and O–H groups in total. The molecule has 0 spiro atoms. The van der Waals surface area contributed by atoms with E-state index in [0.29, 0.717) is 11.1 Å². The first kappa shape index (κ1) is 9.35. The number of nitrogens with zero attached hydrogens (tertiary/aromatic N) is 1. The maximum absolute atomic E-state index is 4.95. The predicted octanol–water partition coefficient (Wildman–Crippen LogP) is 0.553. The number of ether oxygens (including phenoxy) is 1. The summed E-state index contributed by atoms with van der Waals surface area (Å²) in [6, 6.07) is 0. The van der Waals surface area contributed by atoms with Gasteiger partial charge in [-0.2, -0.15) is 0 Å². The van der Waals surface area contributed by atoms with Crippen molar-refractivity contribution in [1.29, 1.82) is 0 Å². The van der Waals surface area contributed by atoms with Gasteiger partial charge in [0.05, 0.1) is 11.8 Å². The summed E-state index contributed by atoms with van der Waals surface area (Å²) in [5, 5.41) is 0.420. The predicted molar refractivity (Wildman–Crippen MR) is 34.8 cm³/mol. The van der Waals surface area contributed by atoms with Gasteiger partial charge < -0.3 is 17.4 Å². The molecule has 1 aliphatic heterocycles. The molecule has 0 saturated heterocycles. The van der Waals surface area contributed by atoms with Crippen LogP contribution in [0.4, 0.5) is 0 Å². The van der Waals surface area contributed by atoms with Gasteiger partial charge in [-0.15, -0.1) is 0 Å². The number of aliphatic imine (C=N–C) groups is 1. The molecule has 1 radical (unpaired) electrons. The third-order valence-corrected chi connectivity index (χ3v) is 1.27. The van der Waals surface area contributed by atoms with Crippen LogP contribution in [-0.4, -0.2) is 18.4 Å². The van der Waals surface area contributed by atoms with Gasteiger partial charge >= 0.3 is 0 Å². The van der Waals surface area contributed by atoms with E-state index in [1.165, 1.54) is 0 Å². The Bertz CT molecular complexity index is 118. The second-order valence-electron chi connectivity index (χ2n) is 2.02. The van der Waals surface area contributed by atoms with Gasteiger partial charge in [0.25, 0.3) is 0 Å². The van der Waals surface area contributed by atoms with Crippen LogP contribution in [0.15, 0.2) is 4.99 Å². The molecule has 1 heterocycles. The van der Waals surface area contributed by atoms with Gasteiger partial charge in [-0.1, -0.05) is 6.92 Å². The zero-order valence-electron chi connectivity index (χ0n) is 5.13. The summed E-state index contributed by atoms with van der Waals surface area (Å²) >= 11 is 4.67. The molecule has 1 atom stereocenters. The second-order valence-corrected chi connectivity index (χ2v) is 2.37. The summed E-state index contributed by atoms with van der Waals surface area (Å²) in [6.45, 7) is 3.66. The van der Waals surface area contributed by atoms with Crippen LogP contribution in [-0.2, 0) is 37.8 Å². The van der Waals surface area contributed by atoms with E-state index in [4.69, 9.17) is 4.74 Å². The number of hydrogen-bond donors (Lipinski definition) is 0. The molecule has 0 aromatic heterocycles. The van der Waals surface area contributed by atoms with E-state index in [1.54, 1.807) is 0 Å². The van der Waals surface area contributed by atoms with Gasteiger partial charge in [0.2, 0.25) is 0 Å². The van der Waals surface area contributed by atoms with Crippen molar-refractivity contribution in [1.82, 2.24) is 0 Å². The molecule has 1 unspecified atom stereocenters. The van der Waals surface area contributed by atoms with Crippen molar-refractivity contribution in [3.63, 3.8) is 0 Å². The minimum absolute atomic E-state index is 0. The van der Waals surface area contributed by atoms with Crippen molar-refractivity contribution in [2.45, 2.75) is 6.92 Å². The maximum atomic E-state index is 4.95. The van der Waals surface area contributed by atoms with Gasteiger partial charge in [0.15, 0.2) is 0 Å². The van der Waals surface area contributed by atoms with Gasteiger partial charge in [-0.3, -0.25) is 4.99 Å². The Morgan fingerprint density at radius 2 is 2.44 bits per heavy atom. The van der Waals surface area contributed by atoms with Gasteiger partial charge in [-0.05, 0) is 0 Å². The van der Waals surface area contributed by atoms with E-state index in [9.17, 15) is 0 Å². The second kappa shape index (κ2) is 4.21. The first-order valence-corrected chi connectivity index (χ1v) is 3.04. The summed E-state index contributed by atoms with van der Waals surface area (Å²) < 4.78 is 4.95. The topological polar surface area (TPSA) is 21.6 Å². The van der Waals surface area contributed by atoms with E-state index >= 15 is 0 Å². The smallest absolute Gasteiger partial charge is 0.0916 e. The molecule has 1 rings (SSSR count). The molecule has 0 aliphatic carbocycles. The van der Waals surface area contributed by atoms with E-state index in [-0.39, 0.29) is 20.4 Å². The Labute approximate surface area is 74.1 Å². The van der Waals surface area contributed by atoms with Crippen molar-refractivity contribution in [2.75, 3.05) is 13.2 Å². The summed E-state index contributed by atoms with van der Waals surface area (Å²) in [5.41, 5.74) is 0. The van der Waals surface area contributed by atoms with Crippen molar-refractivity contribution >= 4 is 17.9 Å². The molecule has 0 aromatic carbocycles. The maximum Gasteiger partial charge on any atom is 0.0916 e. The van der Waals surface area contributed by atoms with E-state index in [2.05, 4.69) is 24.5 Å². The SMILES string of the molecule is CC1CN=C([S-])OC1.[Re]. The van der Waals surface area contributed by atoms with Crippen molar-refractivity contribution in [2.24, 2.45) is 10.9 Å². The van der Waals surface area contributed by atoms with Gasteiger partial charge in [0, 0.05) is 32.9 Å². The summed E-state index contributed by atoms with van der Waals surface area (Å²) in [4.78, 5) is 3.92. The Kier molecular flexibility index (Phi) is 4.38. The van der Waals surface area contributed by atoms with E-state index in [0.717, 1.165) is 13.2 Å². The third-order valence-electron chi connectivity index (χ3n) is 1.02. The third kappa shape index (κ3) is 3.14. The van der Waals surface area contributed by atoms with Crippen molar-refractivity contribution in [3.05, 3.63) is 0 Å². The zero-order chi connectivity index (χ0) is 5.98. The van der Waals surface area contributed by atoms with Crippen molar-refractivity contribution in [3.8, 4) is 0 Å². The summed E-state index contributed by atoms with van der Waals surface area (Å²) in [6.07, 6.45) is 0. The largest absolute Gasteiger partial charge is 0.722 e. The molecule has 53 valence electrons. The van der Waals surface area contributed by atoms with Crippen LogP contribution in [0, 0.1) is 5.92 Å². The van der Waals surface area contributed by atoms with Crippen LogP contribution >= 0.6 is 0 Å². The Hall–Kier alpha value is 0.352. The van der Waals surface area contributed by atoms with Crippen LogP contribution in [0.5, 0.6) is 0 Å². The fourth-order valence-electron chi connectivity index (χ4n) is 0.542. The van der Waals surface area contributed by atoms with Crippen LogP contribution in [0.1, 0.15) is 6.92 Å². The fourth-order valence-corrected chi connectivity index (χ4v) is 0.685. The molecule has 1 aliphatic rings. The average Bonchev–Trinajstić information content (AvgIpc) is 1.77. The molecule has 0 aromatic rings. The fraction of sp³-hybridized carbons (Fsp3) is 0.800. The zero-order valence-corrected chi connectivity index (χ0v) is 8.67. The molecule has 4 heteroatoms. The normalized spacial score (nSPS) is 25.4. The van der Waals surface area contributed by atoms with Crippen LogP contribution in [0.3, 0.4) is 0 Å². The summed E-state index contributed by atoms with van der Waals surface area (Å²) in [5.74, 6) is 0.543. The Morgan fingerprint density at radius 1 is 1.78 bits per heavy atom. The molecule has 9 heavy (non-hydrogen) atoms. The van der Waals surface area contributed by atoms with Gasteiger partial charge in [-0.25, -0.2) is 0 Å². The number of hydrogen-bond acceptors (Lipinski definition) is 3. The Balaban J connectivity index is 0.000000640. The van der Waals surface area contributed by atoms with Crippen LogP contribution < -0.4 is 0 Å². The first-order valence-electron chi connectivity index (χ1n) is 2.63. The molecule has 0 saturated carbocycles. The molecular formula is C5H8NOReS-. The first-order chi connectivity index (χ1) is 3.79. The van der Waals surface area contributed by atoms with Gasteiger partial charge in [0.1, 0.15) is 0 Å².